The van der Waals surface area contributed by atoms with Gasteiger partial charge in [0.1, 0.15) is 11.2 Å². The predicted molar refractivity (Wildman–Crippen MR) is 307 cm³/mol. The first kappa shape index (κ1) is 44.5. The van der Waals surface area contributed by atoms with Gasteiger partial charge in [-0.25, -0.2) is 0 Å². The van der Waals surface area contributed by atoms with E-state index in [0.717, 1.165) is 88.7 Å². The number of para-hydroxylation sites is 3. The van der Waals surface area contributed by atoms with Crippen molar-refractivity contribution in [2.24, 2.45) is 0 Å². The summed E-state index contributed by atoms with van der Waals surface area (Å²) in [5.41, 5.74) is 18.1. The van der Waals surface area contributed by atoms with E-state index in [4.69, 9.17) is 4.42 Å². The maximum Gasteiger partial charge on any atom is 0.136 e. The molecule has 12 aromatic rings. The Hall–Kier alpha value is -8.66. The van der Waals surface area contributed by atoms with E-state index in [9.17, 15) is 0 Å². The van der Waals surface area contributed by atoms with Crippen LogP contribution in [0.15, 0.2) is 247 Å². The van der Waals surface area contributed by atoms with Gasteiger partial charge in [-0.3, -0.25) is 0 Å². The van der Waals surface area contributed by atoms with Crippen molar-refractivity contribution in [3.05, 3.63) is 254 Å². The van der Waals surface area contributed by atoms with E-state index >= 15 is 0 Å². The molecule has 3 nitrogen and oxygen atoms in total. The highest BCUT2D eigenvalue weighted by Crippen LogP contribution is 2.47. The van der Waals surface area contributed by atoms with E-state index in [-0.39, 0.29) is 5.41 Å². The van der Waals surface area contributed by atoms with Crippen LogP contribution in [-0.4, -0.2) is 0 Å². The molecule has 0 aliphatic carbocycles. The van der Waals surface area contributed by atoms with Crippen molar-refractivity contribution in [2.75, 3.05) is 9.80 Å². The van der Waals surface area contributed by atoms with Gasteiger partial charge in [-0.1, -0.05) is 198 Å². The first-order chi connectivity index (χ1) is 35.1. The maximum absolute atomic E-state index is 6.88. The molecule has 348 valence electrons. The zero-order valence-electron chi connectivity index (χ0n) is 41.5. The highest BCUT2D eigenvalue weighted by molar-refractivity contribution is 6.14. The fourth-order valence-corrected chi connectivity index (χ4v) is 10.5. The molecule has 0 N–H and O–H groups in total. The van der Waals surface area contributed by atoms with E-state index in [2.05, 4.69) is 287 Å². The van der Waals surface area contributed by atoms with E-state index in [1.807, 2.05) is 0 Å². The Balaban J connectivity index is 0.977. The van der Waals surface area contributed by atoms with Gasteiger partial charge in [0.05, 0.1) is 17.1 Å². The molecule has 1 heterocycles. The summed E-state index contributed by atoms with van der Waals surface area (Å²) in [6.07, 6.45) is 0. The molecule has 0 aliphatic heterocycles. The molecule has 72 heavy (non-hydrogen) atoms. The number of anilines is 6. The van der Waals surface area contributed by atoms with Crippen LogP contribution in [0.5, 0.6) is 0 Å². The molecule has 3 heteroatoms. The van der Waals surface area contributed by atoms with Crippen molar-refractivity contribution in [1.29, 1.82) is 0 Å². The molecule has 0 atom stereocenters. The molecule has 12 rings (SSSR count). The third-order valence-corrected chi connectivity index (χ3v) is 14.4. The zero-order valence-corrected chi connectivity index (χ0v) is 41.5. The molecule has 1 aromatic heterocycles. The van der Waals surface area contributed by atoms with Crippen LogP contribution in [0.3, 0.4) is 0 Å². The minimum Gasteiger partial charge on any atom is -0.456 e. The van der Waals surface area contributed by atoms with Gasteiger partial charge in [0.25, 0.3) is 0 Å². The summed E-state index contributed by atoms with van der Waals surface area (Å²) in [4.78, 5) is 4.82. The van der Waals surface area contributed by atoms with Gasteiger partial charge in [0.2, 0.25) is 0 Å². The number of benzene rings is 11. The molecular weight excluding hydrogens is 873 g/mol. The maximum atomic E-state index is 6.88. The number of nitrogens with zero attached hydrogens (tertiary/aromatic N) is 2. The second kappa shape index (κ2) is 18.3. The van der Waals surface area contributed by atoms with Crippen LogP contribution < -0.4 is 9.80 Å². The van der Waals surface area contributed by atoms with Crippen molar-refractivity contribution < 1.29 is 4.42 Å². The topological polar surface area (TPSA) is 19.6 Å². The normalized spacial score (nSPS) is 11.8. The number of fused-ring (bicyclic) bond motifs is 5. The summed E-state index contributed by atoms with van der Waals surface area (Å²) < 4.78 is 6.88. The fourth-order valence-electron chi connectivity index (χ4n) is 10.5. The van der Waals surface area contributed by atoms with Crippen molar-refractivity contribution in [2.45, 2.75) is 46.0 Å². The minimum atomic E-state index is 0.0735. The third-order valence-electron chi connectivity index (χ3n) is 14.4. The molecule has 0 saturated heterocycles. The van der Waals surface area contributed by atoms with Crippen LogP contribution in [-0.2, 0) is 5.41 Å². The van der Waals surface area contributed by atoms with Gasteiger partial charge in [-0.2, -0.15) is 0 Å². The van der Waals surface area contributed by atoms with Crippen molar-refractivity contribution in [3.8, 4) is 33.4 Å². The van der Waals surface area contributed by atoms with Crippen molar-refractivity contribution in [1.82, 2.24) is 0 Å². The number of hydrogen-bond acceptors (Lipinski definition) is 3. The van der Waals surface area contributed by atoms with Gasteiger partial charge in [0.15, 0.2) is 0 Å². The summed E-state index contributed by atoms with van der Waals surface area (Å²) in [7, 11) is 0. The second-order valence-electron chi connectivity index (χ2n) is 20.4. The van der Waals surface area contributed by atoms with Crippen LogP contribution in [0.25, 0.3) is 76.9 Å². The average Bonchev–Trinajstić information content (AvgIpc) is 3.76. The summed E-state index contributed by atoms with van der Waals surface area (Å²) in [5, 5.41) is 6.76. The monoisotopic (exact) mass is 928 g/mol. The van der Waals surface area contributed by atoms with Crippen LogP contribution in [0.2, 0.25) is 0 Å². The van der Waals surface area contributed by atoms with E-state index in [0.29, 0.717) is 5.92 Å². The highest BCUT2D eigenvalue weighted by Gasteiger charge is 2.23. The first-order valence-electron chi connectivity index (χ1n) is 25.2. The van der Waals surface area contributed by atoms with Crippen LogP contribution in [0.4, 0.5) is 34.1 Å². The molecule has 0 fully saturated rings. The zero-order chi connectivity index (χ0) is 48.9. The second-order valence-corrected chi connectivity index (χ2v) is 20.4. The molecule has 0 spiro atoms. The molecular formula is C69H56N2O. The SMILES string of the molecule is CC(C)c1ccc(N(c2ccc3cc4c(cc3c2)oc2cc3cc(N(c5ccccc5-c5ccccc5)c5ccccc5-c5ccccc5)ccc3cc24)c2ccccc2-c2ccc(C(C)(C)C)cc2)cc1. The summed E-state index contributed by atoms with van der Waals surface area (Å²) in [6, 6.07) is 88.5. The molecule has 0 aliphatic rings. The standard InChI is InChI=1S/C69H56N2O/c1-46(2)47-30-36-56(37-31-47)70(64-25-15-12-24-61(64)50-28-34-55(35-29-50)69(3,4)5)57-38-32-51-42-62-63-43-52-33-39-58(41-54(52)45-68(63)72-67(62)44-53(51)40-57)71(65-26-16-13-22-59(65)48-18-8-6-9-19-48)66-27-17-14-23-60(66)49-20-10-7-11-21-49/h6-46H,1-5H3. The molecule has 0 radical (unpaired) electrons. The Labute approximate surface area is 422 Å². The largest absolute Gasteiger partial charge is 0.456 e. The van der Waals surface area contributed by atoms with Gasteiger partial charge >= 0.3 is 0 Å². The summed E-state index contributed by atoms with van der Waals surface area (Å²) in [6.45, 7) is 11.3. The lowest BCUT2D eigenvalue weighted by Gasteiger charge is -2.30. The van der Waals surface area contributed by atoms with Crippen molar-refractivity contribution >= 4 is 77.6 Å². The molecule has 0 amide bonds. The Morgan fingerprint density at radius 2 is 0.750 bits per heavy atom. The quantitative estimate of drug-likeness (QED) is 0.136. The van der Waals surface area contributed by atoms with Crippen molar-refractivity contribution in [3.63, 3.8) is 0 Å². The average molecular weight is 929 g/mol. The van der Waals surface area contributed by atoms with E-state index < -0.39 is 0 Å². The van der Waals surface area contributed by atoms with Crippen LogP contribution in [0, 0.1) is 0 Å². The third kappa shape index (κ3) is 8.27. The minimum absolute atomic E-state index is 0.0735. The first-order valence-corrected chi connectivity index (χ1v) is 25.2. The van der Waals surface area contributed by atoms with E-state index in [1.54, 1.807) is 0 Å². The Bertz CT molecular complexity index is 3840. The lowest BCUT2D eigenvalue weighted by Crippen LogP contribution is -2.12. The number of rotatable bonds is 10. The number of hydrogen-bond donors (Lipinski definition) is 0. The Morgan fingerprint density at radius 1 is 0.347 bits per heavy atom. The Kier molecular flexibility index (Phi) is 11.3. The summed E-state index contributed by atoms with van der Waals surface area (Å²) in [5.74, 6) is 0.437. The molecule has 11 aromatic carbocycles. The summed E-state index contributed by atoms with van der Waals surface area (Å²) >= 11 is 0. The van der Waals surface area contributed by atoms with Crippen LogP contribution >= 0.6 is 0 Å². The highest BCUT2D eigenvalue weighted by atomic mass is 16.3. The number of furan rings is 1. The van der Waals surface area contributed by atoms with Gasteiger partial charge < -0.3 is 14.2 Å². The van der Waals surface area contributed by atoms with Gasteiger partial charge in [-0.15, -0.1) is 0 Å². The smallest absolute Gasteiger partial charge is 0.136 e. The van der Waals surface area contributed by atoms with Gasteiger partial charge in [-0.05, 0) is 140 Å². The lowest BCUT2D eigenvalue weighted by atomic mass is 9.86. The van der Waals surface area contributed by atoms with E-state index in [1.165, 1.54) is 33.4 Å². The lowest BCUT2D eigenvalue weighted by molar-refractivity contribution is 0.590. The molecule has 0 unspecified atom stereocenters. The molecule has 0 saturated carbocycles. The fraction of sp³-hybridized carbons (Fsp3) is 0.101. The molecule has 0 bridgehead atoms. The predicted octanol–water partition coefficient (Wildman–Crippen LogP) is 20.3. The van der Waals surface area contributed by atoms with Crippen LogP contribution in [0.1, 0.15) is 51.7 Å². The van der Waals surface area contributed by atoms with Gasteiger partial charge in [0, 0.05) is 44.5 Å². The Morgan fingerprint density at radius 3 is 1.21 bits per heavy atom.